The highest BCUT2D eigenvalue weighted by Crippen LogP contribution is 2.30. The number of amidine groups is 1. The van der Waals surface area contributed by atoms with Gasteiger partial charge < -0.3 is 10.1 Å². The van der Waals surface area contributed by atoms with Crippen molar-refractivity contribution in [2.45, 2.75) is 11.3 Å². The van der Waals surface area contributed by atoms with Crippen molar-refractivity contribution in [2.24, 2.45) is 4.40 Å². The molecule has 0 bridgehead atoms. The van der Waals surface area contributed by atoms with Crippen molar-refractivity contribution >= 4 is 43.4 Å². The van der Waals surface area contributed by atoms with Crippen LogP contribution in [0.25, 0.3) is 0 Å². The molecule has 0 fully saturated rings. The number of rotatable bonds is 2. The van der Waals surface area contributed by atoms with Gasteiger partial charge in [0, 0.05) is 4.47 Å². The van der Waals surface area contributed by atoms with Crippen LogP contribution in [0.15, 0.2) is 32.0 Å². The summed E-state index contributed by atoms with van der Waals surface area (Å²) in [5.41, 5.74) is 0.395. The molecule has 0 aliphatic carbocycles. The fourth-order valence-corrected chi connectivity index (χ4v) is 3.15. The van der Waals surface area contributed by atoms with Crippen LogP contribution in [-0.4, -0.2) is 27.3 Å². The van der Waals surface area contributed by atoms with E-state index in [1.807, 2.05) is 0 Å². The van der Waals surface area contributed by atoms with E-state index in [1.54, 1.807) is 12.1 Å². The summed E-state index contributed by atoms with van der Waals surface area (Å²) in [6, 6.07) is 4.75. The second-order valence-electron chi connectivity index (χ2n) is 3.53. The largest absolute Gasteiger partial charge is 0.469 e. The minimum absolute atomic E-state index is 0.0525. The second-order valence-corrected chi connectivity index (χ2v) is 6.02. The predicted molar refractivity (Wildman–Crippen MR) is 69.0 cm³/mol. The minimum Gasteiger partial charge on any atom is -0.469 e. The number of sulfonamides is 1. The van der Waals surface area contributed by atoms with E-state index in [1.165, 1.54) is 13.2 Å². The van der Waals surface area contributed by atoms with Crippen LogP contribution in [0.4, 0.5) is 5.69 Å². The maximum Gasteiger partial charge on any atom is 0.313 e. The fraction of sp³-hybridized carbons (Fsp3) is 0.200. The van der Waals surface area contributed by atoms with Gasteiger partial charge in [0.2, 0.25) is 0 Å². The molecule has 2 rings (SSSR count). The molecule has 1 N–H and O–H groups in total. The van der Waals surface area contributed by atoms with Crippen LogP contribution >= 0.6 is 15.9 Å². The molecule has 0 unspecified atom stereocenters. The number of carbonyl (C=O) groups is 1. The zero-order chi connectivity index (χ0) is 13.3. The summed E-state index contributed by atoms with van der Waals surface area (Å²) in [5, 5.41) is 2.79. The summed E-state index contributed by atoms with van der Waals surface area (Å²) in [6.07, 6.45) is -0.217. The number of ether oxygens (including phenoxy) is 1. The average Bonchev–Trinajstić information content (AvgIpc) is 2.29. The van der Waals surface area contributed by atoms with Crippen LogP contribution < -0.4 is 5.32 Å². The van der Waals surface area contributed by atoms with Gasteiger partial charge >= 0.3 is 5.97 Å². The van der Waals surface area contributed by atoms with Crippen LogP contribution in [0.3, 0.4) is 0 Å². The highest BCUT2D eigenvalue weighted by atomic mass is 79.9. The molecular formula is C10H9BrN2O4S. The lowest BCUT2D eigenvalue weighted by Gasteiger charge is -2.17. The Labute approximate surface area is 112 Å². The lowest BCUT2D eigenvalue weighted by Crippen LogP contribution is -2.24. The number of carbonyl (C=O) groups excluding carboxylic acids is 1. The standard InChI is InChI=1S/C10H9BrN2O4S/c1-17-10(14)5-9-12-7-3-2-6(11)4-8(7)18(15,16)13-9/h2-4H,5H2,1H3,(H,12,13). The second kappa shape index (κ2) is 4.69. The number of fused-ring (bicyclic) bond motifs is 1. The Bertz CT molecular complexity index is 639. The molecule has 96 valence electrons. The van der Waals surface area contributed by atoms with E-state index in [0.29, 0.717) is 10.2 Å². The molecule has 1 aliphatic rings. The van der Waals surface area contributed by atoms with Crippen molar-refractivity contribution in [1.82, 2.24) is 0 Å². The molecule has 1 aromatic rings. The predicted octanol–water partition coefficient (Wildman–Crippen LogP) is 1.52. The minimum atomic E-state index is -3.78. The number of hydrogen-bond acceptors (Lipinski definition) is 5. The van der Waals surface area contributed by atoms with E-state index in [0.717, 1.165) is 0 Å². The molecule has 6 nitrogen and oxygen atoms in total. The first kappa shape index (κ1) is 13.0. The maximum atomic E-state index is 11.9. The number of hydrogen-bond donors (Lipinski definition) is 1. The molecule has 18 heavy (non-hydrogen) atoms. The van der Waals surface area contributed by atoms with Gasteiger partial charge in [-0.1, -0.05) is 15.9 Å². The van der Waals surface area contributed by atoms with E-state index in [2.05, 4.69) is 30.4 Å². The molecule has 8 heteroatoms. The molecule has 1 aliphatic heterocycles. The Balaban J connectivity index is 2.42. The normalized spacial score (nSPS) is 16.2. The van der Waals surface area contributed by atoms with Crippen molar-refractivity contribution < 1.29 is 17.9 Å². The lowest BCUT2D eigenvalue weighted by atomic mass is 10.3. The summed E-state index contributed by atoms with van der Waals surface area (Å²) < 4.78 is 32.5. The Hall–Kier alpha value is -1.41. The van der Waals surface area contributed by atoms with Crippen LogP contribution in [0, 0.1) is 0 Å². The molecule has 0 aromatic heterocycles. The molecule has 0 spiro atoms. The summed E-state index contributed by atoms with van der Waals surface area (Å²) in [4.78, 5) is 11.2. The molecule has 1 aromatic carbocycles. The quantitative estimate of drug-likeness (QED) is 0.830. The zero-order valence-corrected chi connectivity index (χ0v) is 11.7. The third-order valence-electron chi connectivity index (χ3n) is 2.27. The molecule has 0 radical (unpaired) electrons. The summed E-state index contributed by atoms with van der Waals surface area (Å²) in [6.45, 7) is 0. The van der Waals surface area contributed by atoms with E-state index >= 15 is 0 Å². The van der Waals surface area contributed by atoms with Crippen molar-refractivity contribution in [3.05, 3.63) is 22.7 Å². The highest BCUT2D eigenvalue weighted by Gasteiger charge is 2.26. The monoisotopic (exact) mass is 332 g/mol. The first-order valence-corrected chi connectivity index (χ1v) is 7.13. The van der Waals surface area contributed by atoms with E-state index in [4.69, 9.17) is 0 Å². The summed E-state index contributed by atoms with van der Waals surface area (Å²) >= 11 is 3.19. The molecule has 1 heterocycles. The summed E-state index contributed by atoms with van der Waals surface area (Å²) in [5.74, 6) is -0.506. The first-order valence-electron chi connectivity index (χ1n) is 4.89. The van der Waals surface area contributed by atoms with Gasteiger partial charge in [0.15, 0.2) is 0 Å². The maximum absolute atomic E-state index is 11.9. The number of anilines is 1. The van der Waals surface area contributed by atoms with Crippen LogP contribution in [-0.2, 0) is 19.6 Å². The first-order chi connectivity index (χ1) is 8.42. The number of methoxy groups -OCH3 is 1. The van der Waals surface area contributed by atoms with E-state index < -0.39 is 16.0 Å². The molecule has 0 amide bonds. The SMILES string of the molecule is COC(=O)CC1=NS(=O)(=O)c2cc(Br)ccc2N1. The Morgan fingerprint density at radius 1 is 1.50 bits per heavy atom. The molecular weight excluding hydrogens is 324 g/mol. The van der Waals surface area contributed by atoms with E-state index in [-0.39, 0.29) is 17.2 Å². The van der Waals surface area contributed by atoms with Crippen molar-refractivity contribution in [3.63, 3.8) is 0 Å². The highest BCUT2D eigenvalue weighted by molar-refractivity contribution is 9.10. The van der Waals surface area contributed by atoms with Crippen molar-refractivity contribution in [3.8, 4) is 0 Å². The Morgan fingerprint density at radius 2 is 2.22 bits per heavy atom. The number of halogens is 1. The van der Waals surface area contributed by atoms with Crippen molar-refractivity contribution in [2.75, 3.05) is 12.4 Å². The van der Waals surface area contributed by atoms with Gasteiger partial charge in [0.1, 0.15) is 17.2 Å². The average molecular weight is 333 g/mol. The number of benzene rings is 1. The van der Waals surface area contributed by atoms with Crippen molar-refractivity contribution in [1.29, 1.82) is 0 Å². The summed E-state index contributed by atoms with van der Waals surface area (Å²) in [7, 11) is -2.55. The number of esters is 1. The number of nitrogens with one attached hydrogen (secondary N) is 1. The van der Waals surface area contributed by atoms with Crippen LogP contribution in [0.1, 0.15) is 6.42 Å². The van der Waals surface area contributed by atoms with Gasteiger partial charge in [-0.2, -0.15) is 8.42 Å². The van der Waals surface area contributed by atoms with E-state index in [9.17, 15) is 13.2 Å². The third kappa shape index (κ3) is 2.54. The molecule has 0 saturated heterocycles. The van der Waals surface area contributed by atoms with Crippen LogP contribution in [0.5, 0.6) is 0 Å². The molecule has 0 atom stereocenters. The van der Waals surface area contributed by atoms with Gasteiger partial charge in [0.05, 0.1) is 12.8 Å². The van der Waals surface area contributed by atoms with Gasteiger partial charge in [-0.3, -0.25) is 4.79 Å². The van der Waals surface area contributed by atoms with Crippen LogP contribution in [0.2, 0.25) is 0 Å². The zero-order valence-electron chi connectivity index (χ0n) is 9.31. The van der Waals surface area contributed by atoms with Gasteiger partial charge in [0.25, 0.3) is 10.0 Å². The van der Waals surface area contributed by atoms with Gasteiger partial charge in [-0.25, -0.2) is 0 Å². The smallest absolute Gasteiger partial charge is 0.313 e. The van der Waals surface area contributed by atoms with Gasteiger partial charge in [-0.15, -0.1) is 4.40 Å². The fourth-order valence-electron chi connectivity index (χ4n) is 1.47. The number of nitrogens with zero attached hydrogens (tertiary/aromatic N) is 1. The lowest BCUT2D eigenvalue weighted by molar-refractivity contribution is -0.139. The molecule has 0 saturated carbocycles. The van der Waals surface area contributed by atoms with Gasteiger partial charge in [-0.05, 0) is 18.2 Å². The Kier molecular flexibility index (Phi) is 3.40. The topological polar surface area (TPSA) is 84.8 Å². The third-order valence-corrected chi connectivity index (χ3v) is 4.12. The Morgan fingerprint density at radius 3 is 2.89 bits per heavy atom.